The van der Waals surface area contributed by atoms with Crippen molar-refractivity contribution in [3.8, 4) is 0 Å². The second kappa shape index (κ2) is 4.68. The van der Waals surface area contributed by atoms with Gasteiger partial charge in [-0.25, -0.2) is 4.99 Å². The monoisotopic (exact) mass is 293 g/mol. The Bertz CT molecular complexity index is 1000. The van der Waals surface area contributed by atoms with Crippen molar-refractivity contribution in [3.63, 3.8) is 0 Å². The number of thiazole rings is 1. The van der Waals surface area contributed by atoms with Crippen molar-refractivity contribution >= 4 is 38.2 Å². The Morgan fingerprint density at radius 3 is 2.57 bits per heavy atom. The maximum Gasteiger partial charge on any atom is 0.240 e. The van der Waals surface area contributed by atoms with Gasteiger partial charge >= 0.3 is 0 Å². The molecule has 0 saturated heterocycles. The summed E-state index contributed by atoms with van der Waals surface area (Å²) in [6.07, 6.45) is 0. The van der Waals surface area contributed by atoms with E-state index in [0.717, 1.165) is 20.9 Å². The molecule has 4 aromatic rings. The first-order chi connectivity index (χ1) is 10.3. The van der Waals surface area contributed by atoms with Crippen LogP contribution in [-0.4, -0.2) is 14.4 Å². The maximum atomic E-state index is 5.81. The summed E-state index contributed by atoms with van der Waals surface area (Å²) in [4.78, 5) is 14.0. The molecule has 2 aromatic carbocycles. The third-order valence-corrected chi connectivity index (χ3v) is 4.13. The molecule has 2 heterocycles. The van der Waals surface area contributed by atoms with Gasteiger partial charge in [0.05, 0.1) is 15.9 Å². The molecule has 0 radical (unpaired) electrons. The molecule has 4 rings (SSSR count). The summed E-state index contributed by atoms with van der Waals surface area (Å²) in [5.74, 6) is 0.233. The van der Waals surface area contributed by atoms with Crippen LogP contribution in [0.3, 0.4) is 0 Å². The fourth-order valence-corrected chi connectivity index (χ4v) is 3.23. The average molecular weight is 293 g/mol. The van der Waals surface area contributed by atoms with E-state index in [9.17, 15) is 0 Å². The zero-order valence-electron chi connectivity index (χ0n) is 11.0. The lowest BCUT2D eigenvalue weighted by Gasteiger charge is -1.98. The van der Waals surface area contributed by atoms with Crippen LogP contribution in [0.1, 0.15) is 0 Å². The zero-order valence-corrected chi connectivity index (χ0v) is 11.8. The second-order valence-electron chi connectivity index (χ2n) is 4.52. The predicted octanol–water partition coefficient (Wildman–Crippen LogP) is 2.76. The van der Waals surface area contributed by atoms with Crippen molar-refractivity contribution in [1.29, 1.82) is 0 Å². The SMILES string of the molecule is Nc1n/c(=N\c2ccccc2)n2c(n1)sc1ccccc12. The minimum atomic E-state index is 0.233. The zero-order chi connectivity index (χ0) is 14.2. The highest BCUT2D eigenvalue weighted by Crippen LogP contribution is 2.23. The maximum absolute atomic E-state index is 5.81. The molecule has 6 heteroatoms. The molecule has 0 fully saturated rings. The standard InChI is InChI=1S/C15H11N5S/c16-13-18-14(17-10-6-2-1-3-7-10)20-11-8-4-5-9-12(11)21-15(20)19-13/h1-9H,(H2,16,17,18). The fraction of sp³-hybridized carbons (Fsp3) is 0. The van der Waals surface area contributed by atoms with E-state index in [4.69, 9.17) is 5.73 Å². The van der Waals surface area contributed by atoms with Crippen LogP contribution in [0.4, 0.5) is 11.6 Å². The van der Waals surface area contributed by atoms with Gasteiger partial charge in [-0.1, -0.05) is 41.7 Å². The summed E-state index contributed by atoms with van der Waals surface area (Å²) in [5, 5.41) is 0. The van der Waals surface area contributed by atoms with E-state index in [2.05, 4.69) is 21.0 Å². The number of nitrogens with zero attached hydrogens (tertiary/aromatic N) is 4. The lowest BCUT2D eigenvalue weighted by Crippen LogP contribution is -2.20. The summed E-state index contributed by atoms with van der Waals surface area (Å²) >= 11 is 1.57. The molecule has 0 spiro atoms. The first-order valence-corrected chi connectivity index (χ1v) is 7.26. The third kappa shape index (κ3) is 2.05. The summed E-state index contributed by atoms with van der Waals surface area (Å²) in [6.45, 7) is 0. The molecule has 0 bridgehead atoms. The van der Waals surface area contributed by atoms with E-state index in [-0.39, 0.29) is 5.95 Å². The van der Waals surface area contributed by atoms with E-state index in [1.54, 1.807) is 11.3 Å². The molecule has 0 aliphatic rings. The van der Waals surface area contributed by atoms with E-state index in [1.807, 2.05) is 52.9 Å². The molecule has 0 unspecified atom stereocenters. The quantitative estimate of drug-likeness (QED) is 0.586. The van der Waals surface area contributed by atoms with Gasteiger partial charge in [0, 0.05) is 0 Å². The normalized spacial score (nSPS) is 12.3. The number of aromatic nitrogens is 3. The Morgan fingerprint density at radius 2 is 1.71 bits per heavy atom. The smallest absolute Gasteiger partial charge is 0.240 e. The Kier molecular flexibility index (Phi) is 2.68. The van der Waals surface area contributed by atoms with Crippen LogP contribution in [0.5, 0.6) is 0 Å². The van der Waals surface area contributed by atoms with Gasteiger partial charge in [-0.2, -0.15) is 9.97 Å². The number of nitrogen functional groups attached to an aromatic ring is 1. The van der Waals surface area contributed by atoms with Crippen molar-refractivity contribution in [2.24, 2.45) is 4.99 Å². The summed E-state index contributed by atoms with van der Waals surface area (Å²) in [7, 11) is 0. The van der Waals surface area contributed by atoms with Gasteiger partial charge in [-0.3, -0.25) is 4.40 Å². The fourth-order valence-electron chi connectivity index (χ4n) is 2.21. The number of rotatable bonds is 1. The first kappa shape index (κ1) is 12.0. The van der Waals surface area contributed by atoms with Crippen LogP contribution in [0.25, 0.3) is 15.2 Å². The van der Waals surface area contributed by atoms with Gasteiger partial charge in [0.1, 0.15) is 0 Å². The van der Waals surface area contributed by atoms with Crippen molar-refractivity contribution < 1.29 is 0 Å². The Balaban J connectivity index is 2.15. The Hall–Kier alpha value is -2.73. The van der Waals surface area contributed by atoms with E-state index < -0.39 is 0 Å². The van der Waals surface area contributed by atoms with Gasteiger partial charge < -0.3 is 5.73 Å². The van der Waals surface area contributed by atoms with E-state index >= 15 is 0 Å². The van der Waals surface area contributed by atoms with E-state index in [0.29, 0.717) is 5.62 Å². The number of hydrogen-bond donors (Lipinski definition) is 1. The summed E-state index contributed by atoms with van der Waals surface area (Å²) in [5.41, 5.74) is 8.22. The molecule has 102 valence electrons. The van der Waals surface area contributed by atoms with Crippen LogP contribution in [0.15, 0.2) is 59.6 Å². The lowest BCUT2D eigenvalue weighted by molar-refractivity contribution is 0.948. The van der Waals surface area contributed by atoms with Gasteiger partial charge in [0.25, 0.3) is 0 Å². The Labute approximate surface area is 124 Å². The molecular formula is C15H11N5S. The summed E-state index contributed by atoms with van der Waals surface area (Å²) < 4.78 is 3.06. The van der Waals surface area contributed by atoms with Crippen molar-refractivity contribution in [2.45, 2.75) is 0 Å². The molecule has 21 heavy (non-hydrogen) atoms. The minimum absolute atomic E-state index is 0.233. The highest BCUT2D eigenvalue weighted by atomic mass is 32.1. The number of fused-ring (bicyclic) bond motifs is 3. The second-order valence-corrected chi connectivity index (χ2v) is 5.53. The van der Waals surface area contributed by atoms with Gasteiger partial charge in [0.15, 0.2) is 0 Å². The van der Waals surface area contributed by atoms with E-state index in [1.165, 1.54) is 0 Å². The van der Waals surface area contributed by atoms with Gasteiger partial charge in [-0.15, -0.1) is 0 Å². The number of nitrogens with two attached hydrogens (primary N) is 1. The van der Waals surface area contributed by atoms with Crippen LogP contribution in [-0.2, 0) is 0 Å². The van der Waals surface area contributed by atoms with Crippen LogP contribution in [0, 0.1) is 0 Å². The molecule has 0 aliphatic heterocycles. The van der Waals surface area contributed by atoms with Gasteiger partial charge in [0.2, 0.25) is 16.5 Å². The predicted molar refractivity (Wildman–Crippen MR) is 84.4 cm³/mol. The molecule has 0 aliphatic carbocycles. The number of hydrogen-bond acceptors (Lipinski definition) is 5. The molecule has 2 aromatic heterocycles. The Morgan fingerprint density at radius 1 is 0.952 bits per heavy atom. The van der Waals surface area contributed by atoms with Crippen molar-refractivity contribution in [1.82, 2.24) is 14.4 Å². The van der Waals surface area contributed by atoms with Crippen LogP contribution < -0.4 is 11.4 Å². The third-order valence-electron chi connectivity index (χ3n) is 3.11. The molecule has 0 amide bonds. The van der Waals surface area contributed by atoms with Crippen molar-refractivity contribution in [3.05, 3.63) is 60.2 Å². The van der Waals surface area contributed by atoms with Crippen LogP contribution in [0.2, 0.25) is 0 Å². The first-order valence-electron chi connectivity index (χ1n) is 6.45. The largest absolute Gasteiger partial charge is 0.368 e. The molecule has 5 nitrogen and oxygen atoms in total. The number of anilines is 1. The van der Waals surface area contributed by atoms with Gasteiger partial charge in [-0.05, 0) is 24.3 Å². The highest BCUT2D eigenvalue weighted by Gasteiger charge is 2.08. The molecule has 0 atom stereocenters. The van der Waals surface area contributed by atoms with Crippen molar-refractivity contribution in [2.75, 3.05) is 5.73 Å². The minimum Gasteiger partial charge on any atom is -0.368 e. The highest BCUT2D eigenvalue weighted by molar-refractivity contribution is 7.23. The number of para-hydroxylation sites is 2. The molecular weight excluding hydrogens is 282 g/mol. The molecule has 0 saturated carbocycles. The lowest BCUT2D eigenvalue weighted by atomic mass is 10.3. The topological polar surface area (TPSA) is 68.6 Å². The summed E-state index contributed by atoms with van der Waals surface area (Å²) in [6, 6.07) is 17.8. The van der Waals surface area contributed by atoms with Crippen LogP contribution >= 0.6 is 11.3 Å². The average Bonchev–Trinajstić information content (AvgIpc) is 2.86. The number of benzene rings is 2. The molecule has 2 N–H and O–H groups in total.